The fourth-order valence-corrected chi connectivity index (χ4v) is 0.599. The fraction of sp³-hybridized carbons (Fsp3) is 1.00. The molecule has 10 heavy (non-hydrogen) atoms. The molecule has 1 unspecified atom stereocenters. The number of hydrogen-bond acceptors (Lipinski definition) is 3. The largest absolute Gasteiger partial charge is 0.766 e. The van der Waals surface area contributed by atoms with E-state index in [2.05, 4.69) is 4.43 Å². The second kappa shape index (κ2) is 9.88. The Balaban J connectivity index is -0.000000245. The first-order chi connectivity index (χ1) is 3.66. The van der Waals surface area contributed by atoms with Gasteiger partial charge < -0.3 is 14.3 Å². The van der Waals surface area contributed by atoms with Gasteiger partial charge in [-0.1, -0.05) is 6.92 Å². The summed E-state index contributed by atoms with van der Waals surface area (Å²) in [5.41, 5.74) is 0. The molecule has 0 fully saturated rings. The van der Waals surface area contributed by atoms with E-state index in [9.17, 15) is 4.46 Å². The summed E-state index contributed by atoms with van der Waals surface area (Å²) in [4.78, 5) is 8.02. The summed E-state index contributed by atoms with van der Waals surface area (Å²) in [6, 6.07) is 0. The predicted octanol–water partition coefficient (Wildman–Crippen LogP) is -2.96. The first-order valence-electron chi connectivity index (χ1n) is 2.24. The van der Waals surface area contributed by atoms with E-state index in [0.29, 0.717) is 6.42 Å². The zero-order chi connectivity index (χ0) is 6.57. The zero-order valence-electron chi connectivity index (χ0n) is 4.50. The predicted molar refractivity (Wildman–Crippen MR) is 44.5 cm³/mol. The summed E-state index contributed by atoms with van der Waals surface area (Å²) in [6.07, 6.45) is -0.761. The van der Waals surface area contributed by atoms with Crippen molar-refractivity contribution in [3.05, 3.63) is 0 Å². The molecule has 0 aromatic rings. The number of aliphatic hydroxyl groups is 1. The van der Waals surface area contributed by atoms with Gasteiger partial charge in [-0.05, 0) is 0 Å². The average molecular weight is 193 g/mol. The molecule has 58 valence electrons. The van der Waals surface area contributed by atoms with E-state index >= 15 is 0 Å². The molecule has 1 atom stereocenters. The SMILES string of the molecule is CCC(O)O[Si](=O)O.[AlH3].[MgH2]. The van der Waals surface area contributed by atoms with Crippen LogP contribution in [-0.4, -0.2) is 65.8 Å². The van der Waals surface area contributed by atoms with Crippen LogP contribution in [0.15, 0.2) is 0 Å². The topological polar surface area (TPSA) is 66.8 Å². The van der Waals surface area contributed by atoms with Crippen molar-refractivity contribution in [2.75, 3.05) is 0 Å². The molecule has 0 bridgehead atoms. The van der Waals surface area contributed by atoms with Gasteiger partial charge in [-0.2, -0.15) is 0 Å². The second-order valence-corrected chi connectivity index (χ2v) is 2.01. The first kappa shape index (κ1) is 17.1. The highest BCUT2D eigenvalue weighted by Crippen LogP contribution is 1.89. The molecular weight excluding hydrogens is 179 g/mol. The summed E-state index contributed by atoms with van der Waals surface area (Å²) in [5.74, 6) is 0. The molecule has 0 heterocycles. The van der Waals surface area contributed by atoms with E-state index < -0.39 is 15.5 Å². The summed E-state index contributed by atoms with van der Waals surface area (Å²) in [5, 5.41) is 8.47. The molecule has 0 aromatic heterocycles. The highest BCUT2D eigenvalue weighted by atomic mass is 28.3. The quantitative estimate of drug-likeness (QED) is 0.370. The number of rotatable bonds is 3. The Kier molecular flexibility index (Phi) is 16.9. The minimum absolute atomic E-state index is 0. The van der Waals surface area contributed by atoms with Crippen molar-refractivity contribution in [3.8, 4) is 0 Å². The highest BCUT2D eigenvalue weighted by Gasteiger charge is 2.08. The molecule has 0 aliphatic carbocycles. The average Bonchev–Trinajstić information content (AvgIpc) is 1.65. The standard InChI is InChI=1S/C3H8O4Si.Al.Mg.5H/c1-2-3(4)7-8(5)6;;;;;;;/h3-5H,2H2,1H3;;;;;;;. The van der Waals surface area contributed by atoms with Gasteiger partial charge in [0.2, 0.25) is 0 Å². The van der Waals surface area contributed by atoms with E-state index in [4.69, 9.17) is 9.90 Å². The van der Waals surface area contributed by atoms with Crippen molar-refractivity contribution in [1.82, 2.24) is 0 Å². The lowest BCUT2D eigenvalue weighted by molar-refractivity contribution is -0.0383. The van der Waals surface area contributed by atoms with Gasteiger partial charge in [0.25, 0.3) is 0 Å². The Bertz CT molecular complexity index is 92.6. The van der Waals surface area contributed by atoms with Gasteiger partial charge in [-0.15, -0.1) is 0 Å². The molecule has 0 rings (SSSR count). The van der Waals surface area contributed by atoms with Crippen LogP contribution >= 0.6 is 0 Å². The Morgan fingerprint density at radius 1 is 1.70 bits per heavy atom. The smallest absolute Gasteiger partial charge is 0.511 e. The second-order valence-electron chi connectivity index (χ2n) is 1.25. The van der Waals surface area contributed by atoms with Crippen LogP contribution in [0.2, 0.25) is 0 Å². The molecule has 2 N–H and O–H groups in total. The van der Waals surface area contributed by atoms with Gasteiger partial charge in [0, 0.05) is 6.42 Å². The van der Waals surface area contributed by atoms with Crippen LogP contribution in [0, 0.1) is 0 Å². The molecule has 0 aliphatic heterocycles. The molecular formula is C3H13AlMgO4Si. The molecule has 7 heteroatoms. The van der Waals surface area contributed by atoms with E-state index in [-0.39, 0.29) is 40.4 Å². The van der Waals surface area contributed by atoms with Crippen LogP contribution in [0.1, 0.15) is 13.3 Å². The number of hydrogen-bond donors (Lipinski definition) is 2. The monoisotopic (exact) mass is 192 g/mol. The van der Waals surface area contributed by atoms with E-state index in [0.717, 1.165) is 0 Å². The van der Waals surface area contributed by atoms with Crippen molar-refractivity contribution in [2.45, 2.75) is 19.6 Å². The Hall–Kier alpha value is 0.876. The van der Waals surface area contributed by atoms with Crippen molar-refractivity contribution in [2.24, 2.45) is 0 Å². The van der Waals surface area contributed by atoms with Crippen LogP contribution in [0.5, 0.6) is 0 Å². The molecule has 0 saturated carbocycles. The van der Waals surface area contributed by atoms with Gasteiger partial charge in [0.15, 0.2) is 23.7 Å². The first-order valence-corrected chi connectivity index (χ1v) is 3.50. The maximum absolute atomic E-state index is 9.77. The third kappa shape index (κ3) is 11.6. The zero-order valence-corrected chi connectivity index (χ0v) is 5.50. The van der Waals surface area contributed by atoms with Crippen LogP contribution in [0.3, 0.4) is 0 Å². The van der Waals surface area contributed by atoms with Gasteiger partial charge in [0.1, 0.15) is 0 Å². The van der Waals surface area contributed by atoms with E-state index in [1.54, 1.807) is 6.92 Å². The Labute approximate surface area is 87.8 Å². The fourth-order valence-electron chi connectivity index (χ4n) is 0.200. The molecule has 0 amide bonds. The normalized spacial score (nSPS) is 10.2. The molecule has 4 nitrogen and oxygen atoms in total. The Morgan fingerprint density at radius 3 is 2.20 bits per heavy atom. The summed E-state index contributed by atoms with van der Waals surface area (Å²) in [6.45, 7) is 1.65. The lowest BCUT2D eigenvalue weighted by Gasteiger charge is -2.03. The third-order valence-corrected chi connectivity index (χ3v) is 1.06. The molecule has 0 radical (unpaired) electrons. The maximum atomic E-state index is 9.77. The Morgan fingerprint density at radius 2 is 2.10 bits per heavy atom. The lowest BCUT2D eigenvalue weighted by atomic mass is 10.5. The maximum Gasteiger partial charge on any atom is 0.766 e. The molecule has 0 spiro atoms. The highest BCUT2D eigenvalue weighted by molar-refractivity contribution is 6.24. The van der Waals surface area contributed by atoms with Crippen molar-refractivity contribution < 1.29 is 18.8 Å². The van der Waals surface area contributed by atoms with Gasteiger partial charge in [-0.3, -0.25) is 4.46 Å². The van der Waals surface area contributed by atoms with Crippen molar-refractivity contribution >= 4 is 49.6 Å². The van der Waals surface area contributed by atoms with Gasteiger partial charge in [-0.25, -0.2) is 0 Å². The van der Waals surface area contributed by atoms with Crippen LogP contribution in [0.25, 0.3) is 0 Å². The summed E-state index contributed by atoms with van der Waals surface area (Å²) < 4.78 is 13.8. The number of aliphatic hydroxyl groups excluding tert-OH is 1. The summed E-state index contributed by atoms with van der Waals surface area (Å²) in [7, 11) is -2.95. The molecule has 0 saturated heterocycles. The molecule has 0 aromatic carbocycles. The van der Waals surface area contributed by atoms with E-state index in [1.165, 1.54) is 0 Å². The van der Waals surface area contributed by atoms with Gasteiger partial charge >= 0.3 is 32.2 Å². The minimum atomic E-state index is -2.95. The van der Waals surface area contributed by atoms with Crippen molar-refractivity contribution in [3.63, 3.8) is 0 Å². The minimum Gasteiger partial charge on any atom is -0.511 e. The van der Waals surface area contributed by atoms with Crippen LogP contribution in [-0.2, 0) is 8.89 Å². The van der Waals surface area contributed by atoms with Gasteiger partial charge in [0.05, 0.1) is 0 Å². The lowest BCUT2D eigenvalue weighted by Crippen LogP contribution is -2.17. The van der Waals surface area contributed by atoms with E-state index in [1.807, 2.05) is 0 Å². The third-order valence-electron chi connectivity index (χ3n) is 0.586. The van der Waals surface area contributed by atoms with Crippen molar-refractivity contribution in [1.29, 1.82) is 0 Å². The summed E-state index contributed by atoms with van der Waals surface area (Å²) >= 11 is 0. The van der Waals surface area contributed by atoms with Crippen LogP contribution in [0.4, 0.5) is 0 Å². The van der Waals surface area contributed by atoms with Crippen LogP contribution < -0.4 is 0 Å². The molecule has 0 aliphatic rings.